The Balaban J connectivity index is 1.95. The maximum atomic E-state index is 12.1. The number of anilines is 1. The highest BCUT2D eigenvalue weighted by Crippen LogP contribution is 2.23. The van der Waals surface area contributed by atoms with Gasteiger partial charge < -0.3 is 14.8 Å². The average molecular weight is 382 g/mol. The van der Waals surface area contributed by atoms with Crippen LogP contribution in [-0.2, 0) is 20.7 Å². The van der Waals surface area contributed by atoms with Crippen molar-refractivity contribution in [3.05, 3.63) is 58.1 Å². The maximum Gasteiger partial charge on any atom is 0.311 e. The first-order chi connectivity index (χ1) is 11.9. The van der Waals surface area contributed by atoms with Gasteiger partial charge in [0.15, 0.2) is 6.10 Å². The van der Waals surface area contributed by atoms with Gasteiger partial charge in [-0.25, -0.2) is 0 Å². The van der Waals surface area contributed by atoms with Gasteiger partial charge in [-0.1, -0.05) is 41.4 Å². The van der Waals surface area contributed by atoms with Crippen molar-refractivity contribution in [2.24, 2.45) is 0 Å². The number of carbonyl (C=O) groups excluding carboxylic acids is 2. The number of hydrogen-bond donors (Lipinski definition) is 1. The second-order valence-electron chi connectivity index (χ2n) is 5.27. The van der Waals surface area contributed by atoms with Crippen molar-refractivity contribution < 1.29 is 19.1 Å². The molecule has 1 amide bonds. The first-order valence-corrected chi connectivity index (χ1v) is 8.23. The summed E-state index contributed by atoms with van der Waals surface area (Å²) in [6.45, 7) is 1.49. The zero-order valence-corrected chi connectivity index (χ0v) is 15.2. The molecule has 0 aromatic heterocycles. The molecule has 2 aromatic rings. The van der Waals surface area contributed by atoms with Crippen molar-refractivity contribution in [2.75, 3.05) is 12.4 Å². The van der Waals surface area contributed by atoms with E-state index in [9.17, 15) is 9.59 Å². The van der Waals surface area contributed by atoms with E-state index in [4.69, 9.17) is 32.7 Å². The fraction of sp³-hybridized carbons (Fsp3) is 0.222. The number of nitrogens with one attached hydrogen (secondary N) is 1. The molecule has 0 bridgehead atoms. The van der Waals surface area contributed by atoms with Crippen LogP contribution in [0.1, 0.15) is 12.5 Å². The highest BCUT2D eigenvalue weighted by atomic mass is 35.5. The number of carbonyl (C=O) groups is 2. The van der Waals surface area contributed by atoms with Crippen molar-refractivity contribution in [2.45, 2.75) is 19.4 Å². The van der Waals surface area contributed by atoms with Crippen LogP contribution >= 0.6 is 23.2 Å². The molecule has 0 saturated heterocycles. The molecular formula is C18H17Cl2NO4. The van der Waals surface area contributed by atoms with Gasteiger partial charge in [0, 0.05) is 21.3 Å². The minimum absolute atomic E-state index is 0.00459. The molecular weight excluding hydrogens is 365 g/mol. The zero-order chi connectivity index (χ0) is 18.4. The lowest BCUT2D eigenvalue weighted by atomic mass is 10.1. The number of benzene rings is 2. The van der Waals surface area contributed by atoms with Crippen molar-refractivity contribution in [3.8, 4) is 5.75 Å². The number of esters is 1. The molecule has 2 aromatic carbocycles. The third-order valence-electron chi connectivity index (χ3n) is 3.33. The smallest absolute Gasteiger partial charge is 0.311 e. The van der Waals surface area contributed by atoms with E-state index in [1.54, 1.807) is 42.5 Å². The normalized spacial score (nSPS) is 11.5. The average Bonchev–Trinajstić information content (AvgIpc) is 2.54. The summed E-state index contributed by atoms with van der Waals surface area (Å²) < 4.78 is 10.4. The summed E-state index contributed by atoms with van der Waals surface area (Å²) in [5.74, 6) is -0.423. The van der Waals surface area contributed by atoms with Crippen LogP contribution in [0.2, 0.25) is 10.0 Å². The molecule has 1 N–H and O–H groups in total. The molecule has 2 rings (SSSR count). The molecule has 0 fully saturated rings. The molecule has 0 aliphatic heterocycles. The number of methoxy groups -OCH3 is 1. The molecule has 0 unspecified atom stereocenters. The summed E-state index contributed by atoms with van der Waals surface area (Å²) in [5, 5.41) is 3.39. The third-order valence-corrected chi connectivity index (χ3v) is 3.77. The monoisotopic (exact) mass is 381 g/mol. The number of para-hydroxylation sites is 1. The molecule has 0 heterocycles. The van der Waals surface area contributed by atoms with E-state index >= 15 is 0 Å². The Morgan fingerprint density at radius 3 is 2.40 bits per heavy atom. The van der Waals surface area contributed by atoms with Crippen molar-refractivity contribution in [1.82, 2.24) is 0 Å². The Kier molecular flexibility index (Phi) is 6.67. The summed E-state index contributed by atoms with van der Waals surface area (Å²) in [7, 11) is 1.52. The summed E-state index contributed by atoms with van der Waals surface area (Å²) in [6.07, 6.45) is -0.968. The SMILES string of the molecule is COc1ccccc1CC(=O)O[C@H](C)C(=O)Nc1cc(Cl)cc(Cl)c1. The molecule has 25 heavy (non-hydrogen) atoms. The van der Waals surface area contributed by atoms with Crippen molar-refractivity contribution in [1.29, 1.82) is 0 Å². The van der Waals surface area contributed by atoms with Crippen LogP contribution in [0.25, 0.3) is 0 Å². The molecule has 1 atom stereocenters. The fourth-order valence-electron chi connectivity index (χ4n) is 2.17. The van der Waals surface area contributed by atoms with Crippen LogP contribution in [0.4, 0.5) is 5.69 Å². The first kappa shape index (κ1) is 19.1. The molecule has 132 valence electrons. The maximum absolute atomic E-state index is 12.1. The van der Waals surface area contributed by atoms with Gasteiger partial charge in [-0.15, -0.1) is 0 Å². The van der Waals surface area contributed by atoms with Crippen LogP contribution in [0, 0.1) is 0 Å². The summed E-state index contributed by atoms with van der Waals surface area (Å²) in [4.78, 5) is 24.2. The molecule has 0 spiro atoms. The van der Waals surface area contributed by atoms with E-state index in [1.165, 1.54) is 14.0 Å². The molecule has 0 saturated carbocycles. The van der Waals surface area contributed by atoms with E-state index in [0.717, 1.165) is 0 Å². The van der Waals surface area contributed by atoms with E-state index in [0.29, 0.717) is 27.0 Å². The molecule has 0 aliphatic carbocycles. The van der Waals surface area contributed by atoms with Gasteiger partial charge in [0.05, 0.1) is 13.5 Å². The predicted octanol–water partition coefficient (Wildman–Crippen LogP) is 4.11. The molecule has 0 aliphatic rings. The molecule has 5 nitrogen and oxygen atoms in total. The van der Waals surface area contributed by atoms with Gasteiger partial charge in [0.1, 0.15) is 5.75 Å². The van der Waals surface area contributed by atoms with Crippen molar-refractivity contribution >= 4 is 40.8 Å². The largest absolute Gasteiger partial charge is 0.496 e. The van der Waals surface area contributed by atoms with Gasteiger partial charge >= 0.3 is 5.97 Å². The van der Waals surface area contributed by atoms with Crippen LogP contribution in [-0.4, -0.2) is 25.1 Å². The fourth-order valence-corrected chi connectivity index (χ4v) is 2.69. The number of hydrogen-bond acceptors (Lipinski definition) is 4. The number of rotatable bonds is 6. The zero-order valence-electron chi connectivity index (χ0n) is 13.7. The quantitative estimate of drug-likeness (QED) is 0.764. The topological polar surface area (TPSA) is 64.6 Å². The summed E-state index contributed by atoms with van der Waals surface area (Å²) in [5.41, 5.74) is 1.11. The van der Waals surface area contributed by atoms with E-state index in [2.05, 4.69) is 5.32 Å². The van der Waals surface area contributed by atoms with E-state index in [1.807, 2.05) is 0 Å². The van der Waals surface area contributed by atoms with Crippen LogP contribution < -0.4 is 10.1 Å². The van der Waals surface area contributed by atoms with Gasteiger partial charge in [0.2, 0.25) is 0 Å². The Hall–Kier alpha value is -2.24. The Morgan fingerprint density at radius 2 is 1.76 bits per heavy atom. The minimum Gasteiger partial charge on any atom is -0.496 e. The van der Waals surface area contributed by atoms with Crippen LogP contribution in [0.15, 0.2) is 42.5 Å². The molecule has 7 heteroatoms. The standard InChI is InChI=1S/C18H17Cl2NO4/c1-11(18(23)21-15-9-13(19)8-14(20)10-15)25-17(22)7-12-5-3-4-6-16(12)24-2/h3-6,8-11H,7H2,1-2H3,(H,21,23)/t11-/m1/s1. The minimum atomic E-state index is -0.972. The second-order valence-corrected chi connectivity index (χ2v) is 6.14. The van der Waals surface area contributed by atoms with E-state index < -0.39 is 18.0 Å². The van der Waals surface area contributed by atoms with Crippen LogP contribution in [0.5, 0.6) is 5.75 Å². The van der Waals surface area contributed by atoms with Gasteiger partial charge in [-0.3, -0.25) is 9.59 Å². The Morgan fingerprint density at radius 1 is 1.12 bits per heavy atom. The van der Waals surface area contributed by atoms with Gasteiger partial charge in [0.25, 0.3) is 5.91 Å². The highest BCUT2D eigenvalue weighted by Gasteiger charge is 2.19. The predicted molar refractivity (Wildman–Crippen MR) is 97.3 cm³/mol. The van der Waals surface area contributed by atoms with Crippen molar-refractivity contribution in [3.63, 3.8) is 0 Å². The second kappa shape index (κ2) is 8.74. The lowest BCUT2D eigenvalue weighted by Gasteiger charge is -2.14. The Bertz CT molecular complexity index is 759. The van der Waals surface area contributed by atoms with E-state index in [-0.39, 0.29) is 6.42 Å². The van der Waals surface area contributed by atoms with Gasteiger partial charge in [-0.2, -0.15) is 0 Å². The highest BCUT2D eigenvalue weighted by molar-refractivity contribution is 6.35. The lowest BCUT2D eigenvalue weighted by Crippen LogP contribution is -2.30. The molecule has 0 radical (unpaired) electrons. The number of ether oxygens (including phenoxy) is 2. The number of halogens is 2. The van der Waals surface area contributed by atoms with Gasteiger partial charge in [-0.05, 0) is 31.2 Å². The summed E-state index contributed by atoms with van der Waals surface area (Å²) in [6, 6.07) is 11.8. The third kappa shape index (κ3) is 5.66. The lowest BCUT2D eigenvalue weighted by molar-refractivity contribution is -0.152. The summed E-state index contributed by atoms with van der Waals surface area (Å²) >= 11 is 11.8. The Labute approximate surface area is 155 Å². The first-order valence-electron chi connectivity index (χ1n) is 7.47. The van der Waals surface area contributed by atoms with Crippen LogP contribution in [0.3, 0.4) is 0 Å². The number of amides is 1.